The molecule has 0 aliphatic heterocycles. The summed E-state index contributed by atoms with van der Waals surface area (Å²) in [5, 5.41) is 9.90. The minimum atomic E-state index is -0.528. The first-order valence-electron chi connectivity index (χ1n) is 7.68. The van der Waals surface area contributed by atoms with Gasteiger partial charge in [-0.1, -0.05) is 13.3 Å². The van der Waals surface area contributed by atoms with E-state index in [0.29, 0.717) is 5.92 Å². The molecule has 0 aromatic heterocycles. The molecular weight excluding hydrogens is 252 g/mol. The van der Waals surface area contributed by atoms with Gasteiger partial charge in [0.05, 0.1) is 13.2 Å². The summed E-state index contributed by atoms with van der Waals surface area (Å²) in [6.07, 6.45) is 5.77. The number of methoxy groups -OCH3 is 1. The van der Waals surface area contributed by atoms with Gasteiger partial charge in [0.1, 0.15) is 17.6 Å². The van der Waals surface area contributed by atoms with Crippen molar-refractivity contribution in [1.82, 2.24) is 0 Å². The van der Waals surface area contributed by atoms with Crippen LogP contribution in [0, 0.1) is 5.92 Å². The highest BCUT2D eigenvalue weighted by Crippen LogP contribution is 2.35. The van der Waals surface area contributed by atoms with Crippen LogP contribution < -0.4 is 9.47 Å². The molecule has 1 aliphatic carbocycles. The van der Waals surface area contributed by atoms with Gasteiger partial charge in [0, 0.05) is 11.6 Å². The largest absolute Gasteiger partial charge is 0.497 e. The average molecular weight is 278 g/mol. The van der Waals surface area contributed by atoms with Gasteiger partial charge in [-0.15, -0.1) is 0 Å². The van der Waals surface area contributed by atoms with E-state index in [1.54, 1.807) is 14.0 Å². The normalized spacial score (nSPS) is 24.2. The Hall–Kier alpha value is -1.22. The lowest BCUT2D eigenvalue weighted by Crippen LogP contribution is -2.30. The topological polar surface area (TPSA) is 38.7 Å². The molecule has 0 bridgehead atoms. The van der Waals surface area contributed by atoms with Crippen LogP contribution >= 0.6 is 0 Å². The fourth-order valence-electron chi connectivity index (χ4n) is 3.05. The SMILES string of the molecule is CCC1CCCCC1Oc1cc(OC)ccc1C(C)O. The number of ether oxygens (including phenoxy) is 2. The monoisotopic (exact) mass is 278 g/mol. The standard InChI is InChI=1S/C17H26O3/c1-4-13-7-5-6-8-16(13)20-17-11-14(19-3)9-10-15(17)12(2)18/h9-13,16,18H,4-8H2,1-3H3. The van der Waals surface area contributed by atoms with E-state index in [1.807, 2.05) is 18.2 Å². The van der Waals surface area contributed by atoms with Crippen LogP contribution in [0.4, 0.5) is 0 Å². The summed E-state index contributed by atoms with van der Waals surface area (Å²) in [7, 11) is 1.65. The van der Waals surface area contributed by atoms with E-state index in [-0.39, 0.29) is 6.10 Å². The summed E-state index contributed by atoms with van der Waals surface area (Å²) in [5.41, 5.74) is 0.839. The van der Waals surface area contributed by atoms with Crippen LogP contribution in [-0.4, -0.2) is 18.3 Å². The third-order valence-corrected chi connectivity index (χ3v) is 4.31. The molecule has 1 fully saturated rings. The number of aliphatic hydroxyl groups excluding tert-OH is 1. The highest BCUT2D eigenvalue weighted by Gasteiger charge is 2.26. The van der Waals surface area contributed by atoms with Crippen LogP contribution in [0.25, 0.3) is 0 Å². The highest BCUT2D eigenvalue weighted by atomic mass is 16.5. The summed E-state index contributed by atoms with van der Waals surface area (Å²) in [4.78, 5) is 0. The lowest BCUT2D eigenvalue weighted by Gasteiger charge is -2.32. The van der Waals surface area contributed by atoms with Crippen LogP contribution in [-0.2, 0) is 0 Å². The third-order valence-electron chi connectivity index (χ3n) is 4.31. The molecule has 3 heteroatoms. The van der Waals surface area contributed by atoms with Gasteiger partial charge in [0.2, 0.25) is 0 Å². The van der Waals surface area contributed by atoms with E-state index < -0.39 is 6.10 Å². The molecule has 2 rings (SSSR count). The summed E-state index contributed by atoms with van der Waals surface area (Å²) in [6.45, 7) is 4.00. The van der Waals surface area contributed by atoms with Gasteiger partial charge in [-0.2, -0.15) is 0 Å². The average Bonchev–Trinajstić information content (AvgIpc) is 2.47. The predicted octanol–water partition coefficient (Wildman–Crippen LogP) is 4.10. The van der Waals surface area contributed by atoms with E-state index in [4.69, 9.17) is 9.47 Å². The van der Waals surface area contributed by atoms with Crippen molar-refractivity contribution < 1.29 is 14.6 Å². The van der Waals surface area contributed by atoms with Crippen molar-refractivity contribution >= 4 is 0 Å². The smallest absolute Gasteiger partial charge is 0.129 e. The maximum Gasteiger partial charge on any atom is 0.129 e. The minimum Gasteiger partial charge on any atom is -0.497 e. The molecule has 0 heterocycles. The summed E-state index contributed by atoms with van der Waals surface area (Å²) in [6, 6.07) is 5.65. The van der Waals surface area contributed by atoms with Crippen LogP contribution in [0.3, 0.4) is 0 Å². The molecule has 3 unspecified atom stereocenters. The Balaban J connectivity index is 2.21. The molecule has 1 N–H and O–H groups in total. The van der Waals surface area contributed by atoms with Gasteiger partial charge in [0.15, 0.2) is 0 Å². The molecule has 20 heavy (non-hydrogen) atoms. The zero-order valence-electron chi connectivity index (χ0n) is 12.8. The van der Waals surface area contributed by atoms with Crippen molar-refractivity contribution in [2.24, 2.45) is 5.92 Å². The van der Waals surface area contributed by atoms with Gasteiger partial charge in [0.25, 0.3) is 0 Å². The van der Waals surface area contributed by atoms with E-state index in [1.165, 1.54) is 19.3 Å². The Kier molecular flexibility index (Phi) is 5.30. The summed E-state index contributed by atoms with van der Waals surface area (Å²) in [5.74, 6) is 2.16. The maximum absolute atomic E-state index is 9.90. The van der Waals surface area contributed by atoms with E-state index >= 15 is 0 Å². The molecule has 112 valence electrons. The van der Waals surface area contributed by atoms with Crippen LogP contribution in [0.2, 0.25) is 0 Å². The van der Waals surface area contributed by atoms with Gasteiger partial charge in [-0.25, -0.2) is 0 Å². The Morgan fingerprint density at radius 2 is 2.05 bits per heavy atom. The van der Waals surface area contributed by atoms with Crippen molar-refractivity contribution in [3.63, 3.8) is 0 Å². The first-order chi connectivity index (χ1) is 9.65. The van der Waals surface area contributed by atoms with Gasteiger partial charge >= 0.3 is 0 Å². The van der Waals surface area contributed by atoms with Gasteiger partial charge in [-0.3, -0.25) is 0 Å². The van der Waals surface area contributed by atoms with Crippen molar-refractivity contribution in [2.75, 3.05) is 7.11 Å². The summed E-state index contributed by atoms with van der Waals surface area (Å²) >= 11 is 0. The Labute approximate surface area is 121 Å². The number of benzene rings is 1. The molecule has 1 saturated carbocycles. The van der Waals surface area contributed by atoms with E-state index in [9.17, 15) is 5.11 Å². The van der Waals surface area contributed by atoms with Crippen LogP contribution in [0.1, 0.15) is 57.6 Å². The van der Waals surface area contributed by atoms with Crippen LogP contribution in [0.5, 0.6) is 11.5 Å². The molecule has 0 amide bonds. The molecule has 0 spiro atoms. The van der Waals surface area contributed by atoms with Crippen molar-refractivity contribution in [3.05, 3.63) is 23.8 Å². The van der Waals surface area contributed by atoms with Gasteiger partial charge < -0.3 is 14.6 Å². The van der Waals surface area contributed by atoms with Crippen molar-refractivity contribution in [1.29, 1.82) is 0 Å². The number of rotatable bonds is 5. The molecule has 3 atom stereocenters. The molecule has 1 aromatic rings. The van der Waals surface area contributed by atoms with Gasteiger partial charge in [-0.05, 0) is 50.7 Å². The fourth-order valence-corrected chi connectivity index (χ4v) is 3.05. The third kappa shape index (κ3) is 3.45. The van der Waals surface area contributed by atoms with Crippen molar-refractivity contribution in [3.8, 4) is 11.5 Å². The van der Waals surface area contributed by atoms with E-state index in [2.05, 4.69) is 6.92 Å². The number of aliphatic hydroxyl groups is 1. The zero-order valence-corrected chi connectivity index (χ0v) is 12.8. The molecule has 0 radical (unpaired) electrons. The molecule has 0 saturated heterocycles. The Morgan fingerprint density at radius 1 is 1.30 bits per heavy atom. The highest BCUT2D eigenvalue weighted by molar-refractivity contribution is 5.42. The van der Waals surface area contributed by atoms with E-state index in [0.717, 1.165) is 29.9 Å². The molecule has 1 aliphatic rings. The first-order valence-corrected chi connectivity index (χ1v) is 7.68. The molecular formula is C17H26O3. The molecule has 1 aromatic carbocycles. The minimum absolute atomic E-state index is 0.262. The number of hydrogen-bond acceptors (Lipinski definition) is 3. The predicted molar refractivity (Wildman–Crippen MR) is 80.3 cm³/mol. The second-order valence-corrected chi connectivity index (χ2v) is 5.69. The number of hydrogen-bond donors (Lipinski definition) is 1. The Morgan fingerprint density at radius 3 is 2.70 bits per heavy atom. The Bertz CT molecular complexity index is 428. The summed E-state index contributed by atoms with van der Waals surface area (Å²) < 4.78 is 11.5. The zero-order chi connectivity index (χ0) is 14.5. The lowest BCUT2D eigenvalue weighted by molar-refractivity contribution is 0.0852. The first kappa shape index (κ1) is 15.2. The quantitative estimate of drug-likeness (QED) is 0.881. The lowest BCUT2D eigenvalue weighted by atomic mass is 9.84. The fraction of sp³-hybridized carbons (Fsp3) is 0.647. The second kappa shape index (κ2) is 6.98. The maximum atomic E-state index is 9.90. The molecule has 3 nitrogen and oxygen atoms in total. The van der Waals surface area contributed by atoms with Crippen molar-refractivity contribution in [2.45, 2.75) is 58.2 Å². The second-order valence-electron chi connectivity index (χ2n) is 5.69. The van der Waals surface area contributed by atoms with Crippen LogP contribution in [0.15, 0.2) is 18.2 Å².